The highest BCUT2D eigenvalue weighted by atomic mass is 16.5. The minimum atomic E-state index is -0.314. The van der Waals surface area contributed by atoms with Crippen LogP contribution in [0, 0.1) is 6.92 Å². The van der Waals surface area contributed by atoms with E-state index < -0.39 is 0 Å². The summed E-state index contributed by atoms with van der Waals surface area (Å²) in [4.78, 5) is 54.6. The van der Waals surface area contributed by atoms with Crippen molar-refractivity contribution in [2.45, 2.75) is 26.4 Å². The van der Waals surface area contributed by atoms with Crippen LogP contribution in [0.4, 0.5) is 28.2 Å². The minimum absolute atomic E-state index is 0.0446. The monoisotopic (exact) mass is 785 g/mol. The molecule has 5 heterocycles. The Morgan fingerprint density at radius 2 is 1.38 bits per heavy atom. The van der Waals surface area contributed by atoms with Gasteiger partial charge in [-0.25, -0.2) is 19.7 Å². The molecule has 0 spiro atoms. The number of fused-ring (bicyclic) bond motifs is 1. The second kappa shape index (κ2) is 17.4. The van der Waals surface area contributed by atoms with E-state index in [0.717, 1.165) is 39.3 Å². The van der Waals surface area contributed by atoms with Crippen LogP contribution in [-0.2, 0) is 29.0 Å². The Labute approximate surface area is 337 Å². The predicted octanol–water partition coefficient (Wildman–Crippen LogP) is 5.37. The van der Waals surface area contributed by atoms with Crippen molar-refractivity contribution < 1.29 is 28.5 Å². The van der Waals surface area contributed by atoms with Crippen LogP contribution in [0.25, 0.3) is 11.3 Å². The number of anilines is 4. The number of hydrogen-bond donors (Lipinski definition) is 1. The number of nitrogens with one attached hydrogen (secondary N) is 1. The molecule has 0 saturated carbocycles. The van der Waals surface area contributed by atoms with Gasteiger partial charge in [0.15, 0.2) is 0 Å². The molecule has 0 unspecified atom stereocenters. The number of ether oxygens (including phenoxy) is 4. The molecule has 2 fully saturated rings. The molecule has 0 atom stereocenters. The first-order valence-electron chi connectivity index (χ1n) is 19.5. The fourth-order valence-electron chi connectivity index (χ4n) is 7.36. The second-order valence-corrected chi connectivity index (χ2v) is 14.4. The number of rotatable bonds is 11. The standard InChI is InChI=1S/C43H47N9O6/c1-29-24-32(40(53)49-16-20-57-21-17-49)8-13-37(29)46-43(54)52-15-14-36-38(47-42(48-39(36)52)50-18-22-58-23-19-50)33-25-44-41(45-26-33)51(27-30-4-9-34(55-2)10-5-30)28-31-6-11-35(56-3)12-7-31/h4-13,24-26H,14-23,27-28H2,1-3H3,(H,46,54). The molecule has 0 bridgehead atoms. The summed E-state index contributed by atoms with van der Waals surface area (Å²) in [6.07, 6.45) is 4.15. The number of urea groups is 1. The summed E-state index contributed by atoms with van der Waals surface area (Å²) < 4.78 is 21.8. The summed E-state index contributed by atoms with van der Waals surface area (Å²) in [5, 5.41) is 3.07. The van der Waals surface area contributed by atoms with Crippen molar-refractivity contribution in [3.8, 4) is 22.8 Å². The molecule has 5 aromatic rings. The highest BCUT2D eigenvalue weighted by Crippen LogP contribution is 2.36. The van der Waals surface area contributed by atoms with E-state index in [9.17, 15) is 9.59 Å². The second-order valence-electron chi connectivity index (χ2n) is 14.4. The molecule has 2 saturated heterocycles. The lowest BCUT2D eigenvalue weighted by molar-refractivity contribution is 0.0303. The molecule has 3 aliphatic rings. The van der Waals surface area contributed by atoms with Gasteiger partial charge in [-0.2, -0.15) is 4.98 Å². The number of nitrogens with zero attached hydrogens (tertiary/aromatic N) is 8. The Bertz CT molecular complexity index is 2180. The molecule has 300 valence electrons. The number of amides is 3. The van der Waals surface area contributed by atoms with E-state index in [1.165, 1.54) is 0 Å². The molecule has 15 nitrogen and oxygen atoms in total. The van der Waals surface area contributed by atoms with E-state index in [1.54, 1.807) is 48.5 Å². The first-order chi connectivity index (χ1) is 28.4. The van der Waals surface area contributed by atoms with Gasteiger partial charge in [0.05, 0.1) is 46.3 Å². The van der Waals surface area contributed by atoms with Gasteiger partial charge in [-0.1, -0.05) is 24.3 Å². The first kappa shape index (κ1) is 38.5. The van der Waals surface area contributed by atoms with Crippen LogP contribution in [0.15, 0.2) is 79.1 Å². The lowest BCUT2D eigenvalue weighted by Crippen LogP contribution is -2.40. The Hall–Kier alpha value is -6.32. The molecule has 3 aliphatic heterocycles. The maximum Gasteiger partial charge on any atom is 0.327 e. The zero-order chi connectivity index (χ0) is 40.0. The van der Waals surface area contributed by atoms with Crippen molar-refractivity contribution >= 4 is 35.3 Å². The van der Waals surface area contributed by atoms with E-state index in [2.05, 4.69) is 15.1 Å². The van der Waals surface area contributed by atoms with Gasteiger partial charge in [-0.15, -0.1) is 0 Å². The van der Waals surface area contributed by atoms with Crippen molar-refractivity contribution in [2.75, 3.05) is 93.4 Å². The average molecular weight is 786 g/mol. The van der Waals surface area contributed by atoms with Gasteiger partial charge >= 0.3 is 6.03 Å². The van der Waals surface area contributed by atoms with Crippen LogP contribution in [0.1, 0.15) is 32.6 Å². The zero-order valence-corrected chi connectivity index (χ0v) is 33.0. The smallest absolute Gasteiger partial charge is 0.327 e. The van der Waals surface area contributed by atoms with Crippen LogP contribution in [0.3, 0.4) is 0 Å². The Morgan fingerprint density at radius 1 is 0.776 bits per heavy atom. The number of hydrogen-bond acceptors (Lipinski definition) is 12. The van der Waals surface area contributed by atoms with Crippen molar-refractivity contribution in [3.05, 3.63) is 107 Å². The van der Waals surface area contributed by atoms with Crippen LogP contribution in [-0.4, -0.2) is 110 Å². The van der Waals surface area contributed by atoms with Crippen LogP contribution < -0.4 is 29.5 Å². The Morgan fingerprint density at radius 3 is 1.97 bits per heavy atom. The van der Waals surface area contributed by atoms with Crippen LogP contribution >= 0.6 is 0 Å². The molecule has 3 aromatic carbocycles. The Kier molecular flexibility index (Phi) is 11.6. The molecular weight excluding hydrogens is 739 g/mol. The quantitative estimate of drug-likeness (QED) is 0.184. The average Bonchev–Trinajstić information content (AvgIpc) is 3.72. The van der Waals surface area contributed by atoms with E-state index >= 15 is 0 Å². The minimum Gasteiger partial charge on any atom is -0.497 e. The van der Waals surface area contributed by atoms with E-state index in [-0.39, 0.29) is 11.9 Å². The third-order valence-electron chi connectivity index (χ3n) is 10.6. The van der Waals surface area contributed by atoms with Crippen molar-refractivity contribution in [2.24, 2.45) is 0 Å². The maximum atomic E-state index is 14.0. The van der Waals surface area contributed by atoms with Gasteiger partial charge < -0.3 is 39.0 Å². The fourth-order valence-corrected chi connectivity index (χ4v) is 7.36. The topological polar surface area (TPSA) is 148 Å². The number of methoxy groups -OCH3 is 2. The summed E-state index contributed by atoms with van der Waals surface area (Å²) >= 11 is 0. The third-order valence-corrected chi connectivity index (χ3v) is 10.6. The summed E-state index contributed by atoms with van der Waals surface area (Å²) in [5.74, 6) is 3.16. The van der Waals surface area contributed by atoms with Gasteiger partial charge in [0.25, 0.3) is 5.91 Å². The number of aromatic nitrogens is 4. The third kappa shape index (κ3) is 8.50. The number of morpholine rings is 2. The van der Waals surface area contributed by atoms with Crippen molar-refractivity contribution in [3.63, 3.8) is 0 Å². The van der Waals surface area contributed by atoms with Gasteiger partial charge in [0.2, 0.25) is 11.9 Å². The zero-order valence-electron chi connectivity index (χ0n) is 33.0. The highest BCUT2D eigenvalue weighted by Gasteiger charge is 2.32. The molecule has 2 aromatic heterocycles. The number of carbonyl (C=O) groups excluding carboxylic acids is 2. The largest absolute Gasteiger partial charge is 0.497 e. The Balaban J connectivity index is 1.07. The summed E-state index contributed by atoms with van der Waals surface area (Å²) in [5.41, 5.74) is 6.41. The molecule has 1 N–H and O–H groups in total. The fraction of sp³-hybridized carbons (Fsp3) is 0.349. The molecular formula is C43H47N9O6. The molecule has 3 amide bonds. The van der Waals surface area contributed by atoms with E-state index in [0.29, 0.717) is 113 Å². The molecule has 0 aliphatic carbocycles. The predicted molar refractivity (Wildman–Crippen MR) is 220 cm³/mol. The number of carbonyl (C=O) groups is 2. The highest BCUT2D eigenvalue weighted by molar-refractivity contribution is 6.04. The van der Waals surface area contributed by atoms with Crippen molar-refractivity contribution in [1.29, 1.82) is 0 Å². The summed E-state index contributed by atoms with van der Waals surface area (Å²) in [7, 11) is 3.31. The van der Waals surface area contributed by atoms with Gasteiger partial charge in [-0.3, -0.25) is 9.69 Å². The number of aryl methyl sites for hydroxylation is 1. The van der Waals surface area contributed by atoms with Crippen LogP contribution in [0.2, 0.25) is 0 Å². The van der Waals surface area contributed by atoms with Gasteiger partial charge in [0.1, 0.15) is 17.3 Å². The first-order valence-corrected chi connectivity index (χ1v) is 19.5. The molecule has 0 radical (unpaired) electrons. The molecule has 58 heavy (non-hydrogen) atoms. The number of benzene rings is 3. The molecule has 15 heteroatoms. The van der Waals surface area contributed by atoms with Gasteiger partial charge in [-0.05, 0) is 72.5 Å². The maximum absolute atomic E-state index is 14.0. The SMILES string of the molecule is COc1ccc(CN(Cc2ccc(OC)cc2)c2ncc(-c3nc(N4CCOCC4)nc4c3CCN4C(=O)Nc3ccc(C(=O)N4CCOCC4)cc3C)cn2)cc1. The van der Waals surface area contributed by atoms with E-state index in [4.69, 9.17) is 38.9 Å². The normalized spacial score (nSPS) is 15.2. The summed E-state index contributed by atoms with van der Waals surface area (Å²) in [6.45, 7) is 7.98. The van der Waals surface area contributed by atoms with Crippen molar-refractivity contribution in [1.82, 2.24) is 24.8 Å². The summed E-state index contributed by atoms with van der Waals surface area (Å²) in [6, 6.07) is 21.0. The lowest BCUT2D eigenvalue weighted by atomic mass is 10.1. The molecule has 8 rings (SSSR count). The lowest BCUT2D eigenvalue weighted by Gasteiger charge is -2.28. The van der Waals surface area contributed by atoms with Crippen LogP contribution in [0.5, 0.6) is 11.5 Å². The van der Waals surface area contributed by atoms with Gasteiger partial charge in [0, 0.05) is 80.6 Å². The van der Waals surface area contributed by atoms with E-state index in [1.807, 2.05) is 61.5 Å².